The maximum Gasteiger partial charge on any atom is 0.0618 e. The molecule has 0 radical (unpaired) electrons. The van der Waals surface area contributed by atoms with Crippen molar-refractivity contribution in [1.82, 2.24) is 0 Å². The van der Waals surface area contributed by atoms with Gasteiger partial charge in [-0.25, -0.2) is 0 Å². The fourth-order valence-corrected chi connectivity index (χ4v) is 7.67. The zero-order chi connectivity index (χ0) is 37.7. The standard InChI is InChI=1S/C46H35N.3C2H6/c1-46(2,3)33-28-31-23-22-30-24-26-39(38-27-25-32(29-33)42(31)43(30)38)44-36-18-10-12-20-40(36)45(41-21-13-11-19-37(41)44)47(34-14-6-4-7-15-34)35-16-8-5-9-17-35;3*1-2/h4-29H,1-3H3;3*1-2H3. The van der Waals surface area contributed by atoms with E-state index < -0.39 is 0 Å². The topological polar surface area (TPSA) is 3.24 Å². The minimum Gasteiger partial charge on any atom is -0.309 e. The second-order valence-corrected chi connectivity index (χ2v) is 13.8. The molecule has 0 spiro atoms. The summed E-state index contributed by atoms with van der Waals surface area (Å²) in [6.45, 7) is 18.9. The molecule has 0 aliphatic heterocycles. The third-order valence-electron chi connectivity index (χ3n) is 9.89. The fraction of sp³-hybridized carbons (Fsp3) is 0.192. The molecule has 0 heterocycles. The van der Waals surface area contributed by atoms with Gasteiger partial charge in [0, 0.05) is 22.1 Å². The van der Waals surface area contributed by atoms with Gasteiger partial charge in [-0.05, 0) is 89.5 Å². The molecule has 53 heavy (non-hydrogen) atoms. The molecule has 0 aliphatic carbocycles. The quantitative estimate of drug-likeness (QED) is 0.131. The van der Waals surface area contributed by atoms with Gasteiger partial charge < -0.3 is 4.90 Å². The van der Waals surface area contributed by atoms with Crippen LogP contribution in [0.3, 0.4) is 0 Å². The van der Waals surface area contributed by atoms with E-state index in [1.165, 1.54) is 76.2 Å². The molecule has 1 nitrogen and oxygen atoms in total. The number of benzene rings is 9. The van der Waals surface area contributed by atoms with Crippen molar-refractivity contribution >= 4 is 70.9 Å². The summed E-state index contributed by atoms with van der Waals surface area (Å²) in [7, 11) is 0. The summed E-state index contributed by atoms with van der Waals surface area (Å²) < 4.78 is 0. The van der Waals surface area contributed by atoms with Crippen molar-refractivity contribution in [2.45, 2.75) is 67.7 Å². The minimum atomic E-state index is 0.0859. The highest BCUT2D eigenvalue weighted by Gasteiger charge is 2.24. The van der Waals surface area contributed by atoms with Gasteiger partial charge in [-0.1, -0.05) is 196 Å². The molecule has 1 heteroatoms. The molecule has 0 unspecified atom stereocenters. The molecular weight excluding hydrogens is 639 g/mol. The average molecular weight is 692 g/mol. The molecule has 0 aromatic heterocycles. The van der Waals surface area contributed by atoms with Crippen LogP contribution in [0.5, 0.6) is 0 Å². The predicted molar refractivity (Wildman–Crippen MR) is 238 cm³/mol. The molecule has 9 aromatic rings. The van der Waals surface area contributed by atoms with E-state index in [-0.39, 0.29) is 5.41 Å². The number of hydrogen-bond donors (Lipinski definition) is 0. The molecule has 0 fully saturated rings. The van der Waals surface area contributed by atoms with Crippen LogP contribution in [0.25, 0.3) is 65.0 Å². The number of rotatable bonds is 4. The molecule has 0 saturated carbocycles. The summed E-state index contributed by atoms with van der Waals surface area (Å²) in [5.74, 6) is 0. The first-order chi connectivity index (χ1) is 26.0. The molecule has 0 N–H and O–H groups in total. The predicted octanol–water partition coefficient (Wildman–Crippen LogP) is 16.4. The Balaban J connectivity index is 0.000000764. The summed E-state index contributed by atoms with van der Waals surface area (Å²) in [5.41, 5.74) is 7.49. The summed E-state index contributed by atoms with van der Waals surface area (Å²) in [4.78, 5) is 2.42. The molecule has 9 aromatic carbocycles. The number of fused-ring (bicyclic) bond motifs is 2. The van der Waals surface area contributed by atoms with E-state index in [9.17, 15) is 0 Å². The number of anilines is 3. The summed E-state index contributed by atoms with van der Waals surface area (Å²) in [5, 5.41) is 12.9. The Morgan fingerprint density at radius 1 is 0.377 bits per heavy atom. The van der Waals surface area contributed by atoms with Crippen LogP contribution in [0.15, 0.2) is 158 Å². The lowest BCUT2D eigenvalue weighted by atomic mass is 9.82. The van der Waals surface area contributed by atoms with Crippen LogP contribution in [-0.2, 0) is 5.41 Å². The molecule has 266 valence electrons. The first kappa shape index (κ1) is 37.1. The molecule has 0 aliphatic rings. The van der Waals surface area contributed by atoms with Gasteiger partial charge in [-0.2, -0.15) is 0 Å². The average Bonchev–Trinajstić information content (AvgIpc) is 3.22. The van der Waals surface area contributed by atoms with E-state index in [1.807, 2.05) is 41.5 Å². The number of hydrogen-bond acceptors (Lipinski definition) is 1. The first-order valence-corrected chi connectivity index (χ1v) is 19.5. The highest BCUT2D eigenvalue weighted by atomic mass is 15.1. The van der Waals surface area contributed by atoms with E-state index in [0.717, 1.165) is 11.4 Å². The van der Waals surface area contributed by atoms with E-state index in [1.54, 1.807) is 0 Å². The van der Waals surface area contributed by atoms with Crippen LogP contribution in [0, 0.1) is 0 Å². The van der Waals surface area contributed by atoms with Crippen molar-refractivity contribution in [3.8, 4) is 11.1 Å². The maximum atomic E-state index is 2.42. The van der Waals surface area contributed by atoms with Crippen molar-refractivity contribution < 1.29 is 0 Å². The second kappa shape index (κ2) is 15.9. The maximum absolute atomic E-state index is 2.42. The lowest BCUT2D eigenvalue weighted by molar-refractivity contribution is 0.591. The first-order valence-electron chi connectivity index (χ1n) is 19.5. The van der Waals surface area contributed by atoms with Crippen LogP contribution in [0.4, 0.5) is 17.1 Å². The normalized spacial score (nSPS) is 11.1. The van der Waals surface area contributed by atoms with Gasteiger partial charge in [0.05, 0.1) is 5.69 Å². The van der Waals surface area contributed by atoms with Crippen LogP contribution < -0.4 is 4.90 Å². The van der Waals surface area contributed by atoms with Crippen molar-refractivity contribution in [2.75, 3.05) is 4.90 Å². The smallest absolute Gasteiger partial charge is 0.0618 e. The van der Waals surface area contributed by atoms with E-state index in [0.29, 0.717) is 0 Å². The Hall–Kier alpha value is -5.66. The van der Waals surface area contributed by atoms with Crippen LogP contribution in [0.2, 0.25) is 0 Å². The van der Waals surface area contributed by atoms with Crippen molar-refractivity contribution in [3.05, 3.63) is 163 Å². The van der Waals surface area contributed by atoms with Crippen molar-refractivity contribution in [3.63, 3.8) is 0 Å². The van der Waals surface area contributed by atoms with Gasteiger partial charge >= 0.3 is 0 Å². The summed E-state index contributed by atoms with van der Waals surface area (Å²) in [6, 6.07) is 58.2. The Labute approximate surface area is 316 Å². The van der Waals surface area contributed by atoms with Gasteiger partial charge in [0.2, 0.25) is 0 Å². The molecule has 0 amide bonds. The second-order valence-electron chi connectivity index (χ2n) is 13.8. The Bertz CT molecular complexity index is 2480. The number of nitrogens with zero attached hydrogens (tertiary/aromatic N) is 1. The highest BCUT2D eigenvalue weighted by molar-refractivity contribution is 6.29. The molecule has 0 saturated heterocycles. The lowest BCUT2D eigenvalue weighted by Gasteiger charge is -2.29. The third-order valence-corrected chi connectivity index (χ3v) is 9.89. The Kier molecular flexibility index (Phi) is 11.2. The molecule has 0 bridgehead atoms. The zero-order valence-electron chi connectivity index (χ0n) is 33.0. The van der Waals surface area contributed by atoms with E-state index in [2.05, 4.69) is 183 Å². The van der Waals surface area contributed by atoms with Gasteiger partial charge in [-0.3, -0.25) is 0 Å². The number of para-hydroxylation sites is 2. The van der Waals surface area contributed by atoms with Crippen LogP contribution in [0.1, 0.15) is 67.9 Å². The van der Waals surface area contributed by atoms with Crippen LogP contribution in [-0.4, -0.2) is 0 Å². The monoisotopic (exact) mass is 691 g/mol. The largest absolute Gasteiger partial charge is 0.309 e. The van der Waals surface area contributed by atoms with Gasteiger partial charge in [0.15, 0.2) is 0 Å². The van der Waals surface area contributed by atoms with E-state index in [4.69, 9.17) is 0 Å². The van der Waals surface area contributed by atoms with Crippen LogP contribution >= 0.6 is 0 Å². The minimum absolute atomic E-state index is 0.0859. The van der Waals surface area contributed by atoms with Gasteiger partial charge in [-0.15, -0.1) is 0 Å². The van der Waals surface area contributed by atoms with Gasteiger partial charge in [0.25, 0.3) is 0 Å². The Morgan fingerprint density at radius 2 is 0.792 bits per heavy atom. The summed E-state index contributed by atoms with van der Waals surface area (Å²) in [6.07, 6.45) is 0. The fourth-order valence-electron chi connectivity index (χ4n) is 7.67. The highest BCUT2D eigenvalue weighted by Crippen LogP contribution is 2.50. The van der Waals surface area contributed by atoms with Crippen molar-refractivity contribution in [2.24, 2.45) is 0 Å². The molecular formula is C52H53N. The van der Waals surface area contributed by atoms with E-state index >= 15 is 0 Å². The third kappa shape index (κ3) is 6.62. The molecule has 9 rings (SSSR count). The molecule has 0 atom stereocenters. The lowest BCUT2D eigenvalue weighted by Crippen LogP contribution is -2.11. The summed E-state index contributed by atoms with van der Waals surface area (Å²) >= 11 is 0. The zero-order valence-corrected chi connectivity index (χ0v) is 33.0. The van der Waals surface area contributed by atoms with Crippen molar-refractivity contribution in [1.29, 1.82) is 0 Å². The Morgan fingerprint density at radius 3 is 1.28 bits per heavy atom. The van der Waals surface area contributed by atoms with Gasteiger partial charge in [0.1, 0.15) is 0 Å². The SMILES string of the molecule is CC.CC.CC.CC(C)(C)c1cc2ccc3ccc(-c4c5ccccc5c(N(c5ccccc5)c5ccccc5)c5ccccc45)c4ccc(c1)c2c34.